The van der Waals surface area contributed by atoms with Crippen LogP contribution in [0, 0.1) is 5.92 Å². The molecule has 0 spiro atoms. The Kier molecular flexibility index (Phi) is 5.54. The minimum absolute atomic E-state index is 0.483. The predicted octanol–water partition coefficient (Wildman–Crippen LogP) is 1.90. The van der Waals surface area contributed by atoms with Gasteiger partial charge in [-0.15, -0.1) is 5.10 Å². The quantitative estimate of drug-likeness (QED) is 0.828. The van der Waals surface area contributed by atoms with Gasteiger partial charge in [-0.25, -0.2) is 0 Å². The average Bonchev–Trinajstić information content (AvgIpc) is 3.02. The van der Waals surface area contributed by atoms with Crippen molar-refractivity contribution in [2.75, 3.05) is 13.1 Å². The molecule has 114 valence electrons. The zero-order valence-corrected chi connectivity index (χ0v) is 13.3. The van der Waals surface area contributed by atoms with Crippen molar-refractivity contribution in [2.45, 2.75) is 65.7 Å². The Bertz CT molecular complexity index is 399. The fourth-order valence-electron chi connectivity index (χ4n) is 2.95. The van der Waals surface area contributed by atoms with Crippen LogP contribution in [0.15, 0.2) is 6.20 Å². The van der Waals surface area contributed by atoms with Crippen molar-refractivity contribution in [1.82, 2.24) is 25.2 Å². The SMILES string of the molecule is CC(C)NCc1cn(CCN2CCCC2C(C)C)nn1. The summed E-state index contributed by atoms with van der Waals surface area (Å²) in [6, 6.07) is 1.23. The van der Waals surface area contributed by atoms with Gasteiger partial charge in [0.2, 0.25) is 0 Å². The van der Waals surface area contributed by atoms with E-state index in [-0.39, 0.29) is 0 Å². The van der Waals surface area contributed by atoms with Crippen LogP contribution in [0.2, 0.25) is 0 Å². The number of nitrogens with zero attached hydrogens (tertiary/aromatic N) is 4. The molecule has 1 aliphatic rings. The lowest BCUT2D eigenvalue weighted by atomic mass is 10.0. The topological polar surface area (TPSA) is 46.0 Å². The fourth-order valence-corrected chi connectivity index (χ4v) is 2.95. The molecule has 20 heavy (non-hydrogen) atoms. The number of nitrogens with one attached hydrogen (secondary N) is 1. The van der Waals surface area contributed by atoms with E-state index in [1.807, 2.05) is 4.68 Å². The van der Waals surface area contributed by atoms with Crippen LogP contribution in [-0.2, 0) is 13.1 Å². The smallest absolute Gasteiger partial charge is 0.0964 e. The molecule has 1 aliphatic heterocycles. The first kappa shape index (κ1) is 15.4. The molecule has 2 rings (SSSR count). The molecule has 0 aromatic carbocycles. The molecule has 1 N–H and O–H groups in total. The maximum Gasteiger partial charge on any atom is 0.0964 e. The summed E-state index contributed by atoms with van der Waals surface area (Å²) in [6.07, 6.45) is 4.75. The zero-order valence-electron chi connectivity index (χ0n) is 13.3. The van der Waals surface area contributed by atoms with Crippen LogP contribution in [0.3, 0.4) is 0 Å². The van der Waals surface area contributed by atoms with E-state index in [9.17, 15) is 0 Å². The summed E-state index contributed by atoms with van der Waals surface area (Å²) in [5.41, 5.74) is 1.03. The second kappa shape index (κ2) is 7.18. The van der Waals surface area contributed by atoms with E-state index in [0.717, 1.165) is 37.3 Å². The van der Waals surface area contributed by atoms with E-state index in [0.29, 0.717) is 6.04 Å². The van der Waals surface area contributed by atoms with Crippen LogP contribution in [-0.4, -0.2) is 45.1 Å². The third kappa shape index (κ3) is 4.28. The highest BCUT2D eigenvalue weighted by Crippen LogP contribution is 2.23. The highest BCUT2D eigenvalue weighted by atomic mass is 15.4. The summed E-state index contributed by atoms with van der Waals surface area (Å²) in [6.45, 7) is 13.0. The van der Waals surface area contributed by atoms with Crippen molar-refractivity contribution in [2.24, 2.45) is 5.92 Å². The van der Waals surface area contributed by atoms with Crippen molar-refractivity contribution in [3.63, 3.8) is 0 Å². The molecule has 5 heteroatoms. The average molecular weight is 279 g/mol. The second-order valence-electron chi connectivity index (χ2n) is 6.50. The maximum atomic E-state index is 4.22. The molecule has 1 unspecified atom stereocenters. The van der Waals surface area contributed by atoms with Crippen molar-refractivity contribution in [3.8, 4) is 0 Å². The summed E-state index contributed by atoms with van der Waals surface area (Å²) >= 11 is 0. The molecule has 0 bridgehead atoms. The van der Waals surface area contributed by atoms with Gasteiger partial charge in [0.15, 0.2) is 0 Å². The van der Waals surface area contributed by atoms with E-state index in [1.165, 1.54) is 19.4 Å². The molecule has 1 aromatic rings. The normalized spacial score (nSPS) is 20.4. The Morgan fingerprint density at radius 3 is 2.80 bits per heavy atom. The molecule has 0 saturated carbocycles. The molecule has 5 nitrogen and oxygen atoms in total. The Morgan fingerprint density at radius 1 is 1.30 bits per heavy atom. The van der Waals surface area contributed by atoms with Gasteiger partial charge >= 0.3 is 0 Å². The van der Waals surface area contributed by atoms with Crippen molar-refractivity contribution in [1.29, 1.82) is 0 Å². The van der Waals surface area contributed by atoms with E-state index in [2.05, 4.69) is 54.4 Å². The van der Waals surface area contributed by atoms with Gasteiger partial charge in [-0.3, -0.25) is 9.58 Å². The van der Waals surface area contributed by atoms with E-state index < -0.39 is 0 Å². The Hall–Kier alpha value is -0.940. The van der Waals surface area contributed by atoms with Gasteiger partial charge in [0, 0.05) is 31.4 Å². The molecular formula is C15H29N5. The third-order valence-electron chi connectivity index (χ3n) is 4.08. The van der Waals surface area contributed by atoms with E-state index >= 15 is 0 Å². The molecule has 1 atom stereocenters. The lowest BCUT2D eigenvalue weighted by Gasteiger charge is -2.27. The first-order chi connectivity index (χ1) is 9.56. The van der Waals surface area contributed by atoms with Crippen LogP contribution in [0.4, 0.5) is 0 Å². The molecule has 2 heterocycles. The van der Waals surface area contributed by atoms with E-state index in [1.54, 1.807) is 0 Å². The molecule has 0 amide bonds. The minimum atomic E-state index is 0.483. The largest absolute Gasteiger partial charge is 0.309 e. The highest BCUT2D eigenvalue weighted by molar-refractivity contribution is 4.92. The summed E-state index contributed by atoms with van der Waals surface area (Å²) in [5, 5.41) is 11.8. The van der Waals surface area contributed by atoms with Gasteiger partial charge < -0.3 is 5.32 Å². The van der Waals surface area contributed by atoms with Gasteiger partial charge in [0.1, 0.15) is 0 Å². The lowest BCUT2D eigenvalue weighted by Crippen LogP contribution is -2.35. The van der Waals surface area contributed by atoms with Crippen molar-refractivity contribution < 1.29 is 0 Å². The van der Waals surface area contributed by atoms with Gasteiger partial charge in [0.05, 0.1) is 12.2 Å². The highest BCUT2D eigenvalue weighted by Gasteiger charge is 2.26. The molecule has 1 fully saturated rings. The third-order valence-corrected chi connectivity index (χ3v) is 4.08. The van der Waals surface area contributed by atoms with Crippen molar-refractivity contribution in [3.05, 3.63) is 11.9 Å². The minimum Gasteiger partial charge on any atom is -0.309 e. The maximum absolute atomic E-state index is 4.22. The Labute approximate surface area is 122 Å². The van der Waals surface area contributed by atoms with Crippen LogP contribution in [0.25, 0.3) is 0 Å². The zero-order chi connectivity index (χ0) is 14.5. The van der Waals surface area contributed by atoms with Gasteiger partial charge in [-0.1, -0.05) is 32.9 Å². The number of hydrogen-bond donors (Lipinski definition) is 1. The molecule has 0 aliphatic carbocycles. The molecule has 0 radical (unpaired) electrons. The van der Waals surface area contributed by atoms with Crippen LogP contribution >= 0.6 is 0 Å². The van der Waals surface area contributed by atoms with Crippen molar-refractivity contribution >= 4 is 0 Å². The summed E-state index contributed by atoms with van der Waals surface area (Å²) in [7, 11) is 0. The standard InChI is InChI=1S/C15H29N5/c1-12(2)15-6-5-7-19(15)8-9-20-11-14(17-18-20)10-16-13(3)4/h11-13,15-16H,5-10H2,1-4H3. The number of aromatic nitrogens is 3. The lowest BCUT2D eigenvalue weighted by molar-refractivity contribution is 0.197. The van der Waals surface area contributed by atoms with E-state index in [4.69, 9.17) is 0 Å². The fraction of sp³-hybridized carbons (Fsp3) is 0.867. The van der Waals surface area contributed by atoms with Crippen LogP contribution in [0.5, 0.6) is 0 Å². The number of rotatable bonds is 7. The Morgan fingerprint density at radius 2 is 2.10 bits per heavy atom. The molecule has 1 aromatic heterocycles. The number of hydrogen-bond acceptors (Lipinski definition) is 4. The summed E-state index contributed by atoms with van der Waals surface area (Å²) in [5.74, 6) is 0.749. The number of likely N-dealkylation sites (tertiary alicyclic amines) is 1. The van der Waals surface area contributed by atoms with Gasteiger partial charge in [-0.2, -0.15) is 0 Å². The monoisotopic (exact) mass is 279 g/mol. The second-order valence-corrected chi connectivity index (χ2v) is 6.50. The summed E-state index contributed by atoms with van der Waals surface area (Å²) < 4.78 is 1.98. The molecule has 1 saturated heterocycles. The van der Waals surface area contributed by atoms with Gasteiger partial charge in [0.25, 0.3) is 0 Å². The van der Waals surface area contributed by atoms with Crippen LogP contribution in [0.1, 0.15) is 46.2 Å². The summed E-state index contributed by atoms with van der Waals surface area (Å²) in [4.78, 5) is 2.61. The Balaban J connectivity index is 1.79. The predicted molar refractivity (Wildman–Crippen MR) is 81.4 cm³/mol. The first-order valence-electron chi connectivity index (χ1n) is 7.92. The van der Waals surface area contributed by atoms with Crippen LogP contribution < -0.4 is 5.32 Å². The first-order valence-corrected chi connectivity index (χ1v) is 7.92. The molecular weight excluding hydrogens is 250 g/mol. The van der Waals surface area contributed by atoms with Gasteiger partial charge in [-0.05, 0) is 25.3 Å².